The molecular weight excluding hydrogens is 238 g/mol. The third kappa shape index (κ3) is 15.1. The summed E-state index contributed by atoms with van der Waals surface area (Å²) >= 11 is 0. The molecule has 0 saturated carbocycles. The summed E-state index contributed by atoms with van der Waals surface area (Å²) in [7, 11) is 0. The summed E-state index contributed by atoms with van der Waals surface area (Å²) in [6.07, 6.45) is 14.4. The summed E-state index contributed by atoms with van der Waals surface area (Å²) in [6, 6.07) is 0. The summed E-state index contributed by atoms with van der Waals surface area (Å²) in [4.78, 5) is 21.7. The second-order valence-corrected chi connectivity index (χ2v) is 5.47. The molecule has 19 heavy (non-hydrogen) atoms. The van der Waals surface area contributed by atoms with Gasteiger partial charge in [-0.3, -0.25) is 9.59 Å². The van der Waals surface area contributed by atoms with Crippen LogP contribution in [-0.2, 0) is 9.59 Å². The number of unbranched alkanes of at least 4 members (excludes halogenated alkanes) is 10. The van der Waals surface area contributed by atoms with Gasteiger partial charge in [-0.2, -0.15) is 0 Å². The summed E-state index contributed by atoms with van der Waals surface area (Å²) in [6.45, 7) is 2.24. The third-order valence-electron chi connectivity index (χ3n) is 3.43. The number of nitrogens with two attached hydrogens (primary N) is 1. The number of hydrogen-bond acceptors (Lipinski definition) is 2. The van der Waals surface area contributed by atoms with E-state index in [9.17, 15) is 9.59 Å². The summed E-state index contributed by atoms with van der Waals surface area (Å²) < 4.78 is 0. The Hall–Kier alpha value is -0.860. The zero-order valence-corrected chi connectivity index (χ0v) is 12.6. The predicted octanol–water partition coefficient (Wildman–Crippen LogP) is 4.13. The van der Waals surface area contributed by atoms with Crippen LogP contribution < -0.4 is 5.73 Å². The van der Waals surface area contributed by atoms with E-state index in [4.69, 9.17) is 5.73 Å². The van der Waals surface area contributed by atoms with Crippen LogP contribution in [0.25, 0.3) is 0 Å². The molecule has 0 bridgehead atoms. The second-order valence-electron chi connectivity index (χ2n) is 5.47. The van der Waals surface area contributed by atoms with Crippen molar-refractivity contribution in [2.75, 3.05) is 0 Å². The van der Waals surface area contributed by atoms with Crippen LogP contribution in [0, 0.1) is 0 Å². The maximum Gasteiger partial charge on any atom is 0.224 e. The molecule has 0 atom stereocenters. The minimum atomic E-state index is -0.506. The van der Waals surface area contributed by atoms with E-state index in [0.717, 1.165) is 12.8 Å². The molecule has 0 fully saturated rings. The molecule has 3 heteroatoms. The van der Waals surface area contributed by atoms with Gasteiger partial charge in [0, 0.05) is 6.42 Å². The molecule has 0 heterocycles. The van der Waals surface area contributed by atoms with Gasteiger partial charge in [0.25, 0.3) is 0 Å². The lowest BCUT2D eigenvalue weighted by Crippen LogP contribution is -2.15. The van der Waals surface area contributed by atoms with Crippen LogP contribution in [0.4, 0.5) is 0 Å². The van der Waals surface area contributed by atoms with Gasteiger partial charge in [-0.1, -0.05) is 71.1 Å². The average molecular weight is 269 g/mol. The van der Waals surface area contributed by atoms with Crippen LogP contribution in [0.5, 0.6) is 0 Å². The Morgan fingerprint density at radius 2 is 1.16 bits per heavy atom. The Morgan fingerprint density at radius 3 is 1.58 bits per heavy atom. The van der Waals surface area contributed by atoms with Gasteiger partial charge >= 0.3 is 0 Å². The Kier molecular flexibility index (Phi) is 13.0. The minimum absolute atomic E-state index is 0.0107. The van der Waals surface area contributed by atoms with Crippen LogP contribution in [-0.4, -0.2) is 11.7 Å². The fourth-order valence-corrected chi connectivity index (χ4v) is 2.27. The van der Waals surface area contributed by atoms with Crippen molar-refractivity contribution in [1.82, 2.24) is 0 Å². The molecule has 0 unspecified atom stereocenters. The van der Waals surface area contributed by atoms with Crippen molar-refractivity contribution in [1.29, 1.82) is 0 Å². The van der Waals surface area contributed by atoms with E-state index in [2.05, 4.69) is 6.92 Å². The number of ketones is 1. The van der Waals surface area contributed by atoms with Gasteiger partial charge in [-0.05, 0) is 6.42 Å². The predicted molar refractivity (Wildman–Crippen MR) is 79.9 cm³/mol. The summed E-state index contributed by atoms with van der Waals surface area (Å²) in [5, 5.41) is 0. The molecule has 1 amide bonds. The fourth-order valence-electron chi connectivity index (χ4n) is 2.27. The van der Waals surface area contributed by atoms with Crippen LogP contribution >= 0.6 is 0 Å². The lowest BCUT2D eigenvalue weighted by atomic mass is 10.0. The first-order chi connectivity index (χ1) is 9.16. The maximum absolute atomic E-state index is 11.2. The molecule has 2 N–H and O–H groups in total. The lowest BCUT2D eigenvalue weighted by Gasteiger charge is -2.02. The van der Waals surface area contributed by atoms with Gasteiger partial charge in [0.2, 0.25) is 5.91 Å². The molecule has 0 saturated heterocycles. The van der Waals surface area contributed by atoms with Crippen LogP contribution in [0.3, 0.4) is 0 Å². The third-order valence-corrected chi connectivity index (χ3v) is 3.43. The Labute approximate surface area is 118 Å². The molecular formula is C16H31NO2. The van der Waals surface area contributed by atoms with Crippen molar-refractivity contribution in [2.24, 2.45) is 5.73 Å². The number of carbonyl (C=O) groups is 2. The van der Waals surface area contributed by atoms with E-state index in [1.807, 2.05) is 0 Å². The molecule has 0 spiro atoms. The van der Waals surface area contributed by atoms with Gasteiger partial charge in [0.05, 0.1) is 6.42 Å². The number of Topliss-reactive ketones (excluding diaryl/α,β-unsaturated/α-hetero) is 1. The first-order valence-corrected chi connectivity index (χ1v) is 7.96. The van der Waals surface area contributed by atoms with E-state index in [-0.39, 0.29) is 12.2 Å². The number of rotatable bonds is 14. The molecule has 0 aliphatic rings. The van der Waals surface area contributed by atoms with Crippen molar-refractivity contribution in [3.8, 4) is 0 Å². The molecule has 112 valence electrons. The van der Waals surface area contributed by atoms with E-state index >= 15 is 0 Å². The first kappa shape index (κ1) is 18.1. The highest BCUT2D eigenvalue weighted by Gasteiger charge is 2.05. The number of carbonyl (C=O) groups excluding carboxylic acids is 2. The van der Waals surface area contributed by atoms with Crippen molar-refractivity contribution in [3.05, 3.63) is 0 Å². The van der Waals surface area contributed by atoms with E-state index < -0.39 is 5.91 Å². The topological polar surface area (TPSA) is 60.2 Å². The molecule has 3 nitrogen and oxygen atoms in total. The first-order valence-electron chi connectivity index (χ1n) is 7.96. The van der Waals surface area contributed by atoms with Gasteiger partial charge in [-0.15, -0.1) is 0 Å². The number of hydrogen-bond donors (Lipinski definition) is 1. The quantitative estimate of drug-likeness (QED) is 0.380. The number of primary amides is 1. The highest BCUT2D eigenvalue weighted by atomic mass is 16.2. The smallest absolute Gasteiger partial charge is 0.224 e. The number of amides is 1. The van der Waals surface area contributed by atoms with Gasteiger partial charge in [0.15, 0.2) is 0 Å². The van der Waals surface area contributed by atoms with Crippen molar-refractivity contribution in [3.63, 3.8) is 0 Å². The molecule has 0 aliphatic carbocycles. The largest absolute Gasteiger partial charge is 0.369 e. The minimum Gasteiger partial charge on any atom is -0.369 e. The summed E-state index contributed by atoms with van der Waals surface area (Å²) in [5.41, 5.74) is 4.96. The van der Waals surface area contributed by atoms with E-state index in [1.54, 1.807) is 0 Å². The Balaban J connectivity index is 3.10. The van der Waals surface area contributed by atoms with Crippen LogP contribution in [0.15, 0.2) is 0 Å². The summed E-state index contributed by atoms with van der Waals surface area (Å²) in [5.74, 6) is -0.517. The van der Waals surface area contributed by atoms with Crippen molar-refractivity contribution < 1.29 is 9.59 Å². The monoisotopic (exact) mass is 269 g/mol. The van der Waals surface area contributed by atoms with Crippen molar-refractivity contribution in [2.45, 2.75) is 90.4 Å². The fraction of sp³-hybridized carbons (Fsp3) is 0.875. The zero-order valence-electron chi connectivity index (χ0n) is 12.6. The average Bonchev–Trinajstić information content (AvgIpc) is 2.35. The second kappa shape index (κ2) is 13.6. The standard InChI is InChI=1S/C16H31NO2/c1-2-3-4-5-6-7-8-9-10-11-12-13-15(18)14-16(17)19/h2-14H2,1H3,(H2,17,19). The highest BCUT2D eigenvalue weighted by Crippen LogP contribution is 2.12. The molecule has 0 aromatic heterocycles. The SMILES string of the molecule is CCCCCCCCCCCCCC(=O)CC(N)=O. The maximum atomic E-state index is 11.2. The zero-order chi connectivity index (χ0) is 14.3. The molecule has 0 rings (SSSR count). The normalized spacial score (nSPS) is 10.6. The molecule has 0 aromatic rings. The Morgan fingerprint density at radius 1 is 0.737 bits per heavy atom. The molecule has 0 aliphatic heterocycles. The molecule has 0 radical (unpaired) electrons. The lowest BCUT2D eigenvalue weighted by molar-refractivity contribution is -0.126. The highest BCUT2D eigenvalue weighted by molar-refractivity contribution is 5.97. The molecule has 0 aromatic carbocycles. The van der Waals surface area contributed by atoms with E-state index in [1.165, 1.54) is 57.8 Å². The van der Waals surface area contributed by atoms with Crippen LogP contribution in [0.1, 0.15) is 90.4 Å². The van der Waals surface area contributed by atoms with Gasteiger partial charge < -0.3 is 5.73 Å². The Bertz CT molecular complexity index is 239. The van der Waals surface area contributed by atoms with Crippen LogP contribution in [0.2, 0.25) is 0 Å². The van der Waals surface area contributed by atoms with Crippen molar-refractivity contribution >= 4 is 11.7 Å². The van der Waals surface area contributed by atoms with Gasteiger partial charge in [0.1, 0.15) is 5.78 Å². The van der Waals surface area contributed by atoms with Gasteiger partial charge in [-0.25, -0.2) is 0 Å². The van der Waals surface area contributed by atoms with E-state index in [0.29, 0.717) is 6.42 Å².